The number of benzene rings is 1. The third-order valence-electron chi connectivity index (χ3n) is 4.47. The Morgan fingerprint density at radius 2 is 1.96 bits per heavy atom. The molecule has 0 radical (unpaired) electrons. The summed E-state index contributed by atoms with van der Waals surface area (Å²) in [5.41, 5.74) is 2.37. The highest BCUT2D eigenvalue weighted by atomic mass is 127. The summed E-state index contributed by atoms with van der Waals surface area (Å²) in [7, 11) is 3.99. The van der Waals surface area contributed by atoms with Gasteiger partial charge in [-0.25, -0.2) is 0 Å². The van der Waals surface area contributed by atoms with Gasteiger partial charge in [-0.3, -0.25) is 4.99 Å². The molecule has 0 unspecified atom stereocenters. The molecule has 1 aromatic carbocycles. The molecule has 0 fully saturated rings. The quantitative estimate of drug-likeness (QED) is 0.212. The van der Waals surface area contributed by atoms with Gasteiger partial charge in [0.1, 0.15) is 5.75 Å². The lowest BCUT2D eigenvalue weighted by molar-refractivity contribution is 0.268. The number of hydrogen-bond donors (Lipinski definition) is 2. The Bertz CT molecular complexity index is 549. The first-order valence-corrected chi connectivity index (χ1v) is 9.85. The molecule has 0 aliphatic rings. The predicted octanol–water partition coefficient (Wildman–Crippen LogP) is 4.19. The van der Waals surface area contributed by atoms with Crippen molar-refractivity contribution >= 4 is 29.9 Å². The van der Waals surface area contributed by atoms with Gasteiger partial charge in [-0.2, -0.15) is 0 Å². The Kier molecular flexibility index (Phi) is 14.4. The van der Waals surface area contributed by atoms with Crippen molar-refractivity contribution in [1.29, 1.82) is 0 Å². The van der Waals surface area contributed by atoms with Crippen molar-refractivity contribution in [2.45, 2.75) is 59.5 Å². The van der Waals surface area contributed by atoms with Gasteiger partial charge in [0.05, 0.1) is 6.61 Å². The molecule has 156 valence electrons. The number of nitrogens with one attached hydrogen (secondary N) is 2. The first-order valence-electron chi connectivity index (χ1n) is 9.85. The van der Waals surface area contributed by atoms with E-state index in [1.165, 1.54) is 12.0 Å². The van der Waals surface area contributed by atoms with Crippen LogP contribution in [0.1, 0.15) is 51.2 Å². The van der Waals surface area contributed by atoms with Crippen LogP contribution in [-0.4, -0.2) is 50.7 Å². The highest BCUT2D eigenvalue weighted by Gasteiger charge is 2.06. The van der Waals surface area contributed by atoms with E-state index >= 15 is 0 Å². The van der Waals surface area contributed by atoms with Gasteiger partial charge < -0.3 is 20.3 Å². The lowest BCUT2D eigenvalue weighted by atomic mass is 10.1. The van der Waals surface area contributed by atoms with Crippen molar-refractivity contribution in [2.24, 2.45) is 4.99 Å². The average Bonchev–Trinajstić information content (AvgIpc) is 2.62. The van der Waals surface area contributed by atoms with Crippen LogP contribution in [0.2, 0.25) is 0 Å². The van der Waals surface area contributed by atoms with E-state index in [1.807, 2.05) is 7.05 Å². The number of ether oxygens (including phenoxy) is 1. The minimum absolute atomic E-state index is 0. The molecule has 0 heterocycles. The van der Waals surface area contributed by atoms with Gasteiger partial charge in [0.2, 0.25) is 0 Å². The Labute approximate surface area is 183 Å². The Hall–Kier alpha value is -1.02. The van der Waals surface area contributed by atoms with Gasteiger partial charge >= 0.3 is 0 Å². The van der Waals surface area contributed by atoms with E-state index in [2.05, 4.69) is 73.5 Å². The van der Waals surface area contributed by atoms with Crippen molar-refractivity contribution in [3.8, 4) is 5.75 Å². The second-order valence-electron chi connectivity index (χ2n) is 7.09. The van der Waals surface area contributed by atoms with Crippen molar-refractivity contribution in [3.63, 3.8) is 0 Å². The van der Waals surface area contributed by atoms with Crippen LogP contribution in [0.25, 0.3) is 0 Å². The number of hydrogen-bond acceptors (Lipinski definition) is 3. The summed E-state index contributed by atoms with van der Waals surface area (Å²) >= 11 is 0. The molecule has 0 amide bonds. The maximum Gasteiger partial charge on any atom is 0.191 e. The fourth-order valence-corrected chi connectivity index (χ4v) is 2.50. The van der Waals surface area contributed by atoms with Gasteiger partial charge in [0.25, 0.3) is 0 Å². The first kappa shape index (κ1) is 26.0. The van der Waals surface area contributed by atoms with Crippen molar-refractivity contribution in [3.05, 3.63) is 29.3 Å². The van der Waals surface area contributed by atoms with E-state index in [1.54, 1.807) is 0 Å². The maximum absolute atomic E-state index is 5.88. The van der Waals surface area contributed by atoms with E-state index in [-0.39, 0.29) is 24.0 Å². The second-order valence-corrected chi connectivity index (χ2v) is 7.09. The van der Waals surface area contributed by atoms with Crippen LogP contribution in [0.4, 0.5) is 0 Å². The molecule has 0 saturated carbocycles. The normalized spacial score (nSPS) is 11.5. The van der Waals surface area contributed by atoms with E-state index in [9.17, 15) is 0 Å². The summed E-state index contributed by atoms with van der Waals surface area (Å²) < 4.78 is 5.88. The third kappa shape index (κ3) is 10.8. The minimum atomic E-state index is 0. The molecule has 1 aromatic rings. The van der Waals surface area contributed by atoms with Crippen LogP contribution in [-0.2, 0) is 6.54 Å². The van der Waals surface area contributed by atoms with Crippen LogP contribution >= 0.6 is 24.0 Å². The molecule has 0 bridgehead atoms. The summed E-state index contributed by atoms with van der Waals surface area (Å²) in [6.07, 6.45) is 3.33. The predicted molar refractivity (Wildman–Crippen MR) is 128 cm³/mol. The fourth-order valence-electron chi connectivity index (χ4n) is 2.50. The maximum atomic E-state index is 5.88. The minimum Gasteiger partial charge on any atom is -0.493 e. The van der Waals surface area contributed by atoms with Crippen LogP contribution in [0, 0.1) is 6.92 Å². The molecule has 6 heteroatoms. The molecule has 0 aliphatic heterocycles. The molecule has 5 nitrogen and oxygen atoms in total. The molecule has 27 heavy (non-hydrogen) atoms. The third-order valence-corrected chi connectivity index (χ3v) is 4.47. The molecule has 0 saturated heterocycles. The summed E-state index contributed by atoms with van der Waals surface area (Å²) in [6.45, 7) is 12.2. The molecule has 0 atom stereocenters. The zero-order valence-corrected chi connectivity index (χ0v) is 20.3. The first-order chi connectivity index (χ1) is 12.5. The van der Waals surface area contributed by atoms with E-state index < -0.39 is 0 Å². The monoisotopic (exact) mass is 490 g/mol. The summed E-state index contributed by atoms with van der Waals surface area (Å²) in [5.74, 6) is 1.80. The number of nitrogens with zero attached hydrogens (tertiary/aromatic N) is 2. The van der Waals surface area contributed by atoms with E-state index in [4.69, 9.17) is 4.74 Å². The number of halogens is 1. The van der Waals surface area contributed by atoms with Crippen molar-refractivity contribution in [1.82, 2.24) is 15.5 Å². The Morgan fingerprint density at radius 1 is 1.22 bits per heavy atom. The lowest BCUT2D eigenvalue weighted by Gasteiger charge is -2.20. The van der Waals surface area contributed by atoms with Crippen molar-refractivity contribution in [2.75, 3.05) is 33.8 Å². The molecule has 1 rings (SSSR count). The smallest absolute Gasteiger partial charge is 0.191 e. The highest BCUT2D eigenvalue weighted by Crippen LogP contribution is 2.20. The average molecular weight is 490 g/mol. The van der Waals surface area contributed by atoms with Crippen LogP contribution in [0.3, 0.4) is 0 Å². The molecule has 2 N–H and O–H groups in total. The van der Waals surface area contributed by atoms with Gasteiger partial charge in [-0.05, 0) is 65.3 Å². The van der Waals surface area contributed by atoms with Gasteiger partial charge in [-0.1, -0.05) is 19.1 Å². The van der Waals surface area contributed by atoms with Crippen molar-refractivity contribution < 1.29 is 4.74 Å². The number of aliphatic imine (C=N–C) groups is 1. The molecular weight excluding hydrogens is 451 g/mol. The SMILES string of the molecule is CCCOc1cc(C)ccc1CNC(=NC)NCCCCN(C)C(C)C.I. The summed E-state index contributed by atoms with van der Waals surface area (Å²) in [5, 5.41) is 6.78. The molecule has 0 aromatic heterocycles. The van der Waals surface area contributed by atoms with Crippen LogP contribution < -0.4 is 15.4 Å². The standard InChI is InChI=1S/C21H38N4O.HI/c1-7-14-26-20-15-18(4)10-11-19(20)16-24-21(22-5)23-12-8-9-13-25(6)17(2)3;/h10-11,15,17H,7-9,12-14,16H2,1-6H3,(H2,22,23,24);1H. The van der Waals surface area contributed by atoms with E-state index in [0.29, 0.717) is 12.6 Å². The number of unbranched alkanes of at least 4 members (excludes halogenated alkanes) is 1. The second kappa shape index (κ2) is 15.0. The lowest BCUT2D eigenvalue weighted by Crippen LogP contribution is -2.37. The molecular formula is C21H39IN4O. The summed E-state index contributed by atoms with van der Waals surface area (Å²) in [6, 6.07) is 6.96. The molecule has 0 aliphatic carbocycles. The Balaban J connectivity index is 0.00000676. The summed E-state index contributed by atoms with van der Waals surface area (Å²) in [4.78, 5) is 6.69. The highest BCUT2D eigenvalue weighted by molar-refractivity contribution is 14.0. The zero-order valence-electron chi connectivity index (χ0n) is 18.0. The topological polar surface area (TPSA) is 48.9 Å². The number of aryl methyl sites for hydroxylation is 1. The molecule has 0 spiro atoms. The van der Waals surface area contributed by atoms with Crippen LogP contribution in [0.15, 0.2) is 23.2 Å². The largest absolute Gasteiger partial charge is 0.493 e. The van der Waals surface area contributed by atoms with E-state index in [0.717, 1.165) is 49.8 Å². The Morgan fingerprint density at radius 3 is 2.59 bits per heavy atom. The fraction of sp³-hybridized carbons (Fsp3) is 0.667. The van der Waals surface area contributed by atoms with Gasteiger partial charge in [-0.15, -0.1) is 24.0 Å². The number of rotatable bonds is 11. The van der Waals surface area contributed by atoms with Gasteiger partial charge in [0.15, 0.2) is 5.96 Å². The number of guanidine groups is 1. The zero-order chi connectivity index (χ0) is 19.4. The van der Waals surface area contributed by atoms with Crippen LogP contribution in [0.5, 0.6) is 5.75 Å². The van der Waals surface area contributed by atoms with Gasteiger partial charge in [0, 0.05) is 31.7 Å².